The Bertz CT molecular complexity index is 2620. The summed E-state index contributed by atoms with van der Waals surface area (Å²) >= 11 is 1.37. The monoisotopic (exact) mass is 1230 g/mol. The number of alkyl carbamates (subject to hydrolysis) is 1. The highest BCUT2D eigenvalue weighted by Crippen LogP contribution is 2.33. The van der Waals surface area contributed by atoms with Gasteiger partial charge in [-0.2, -0.15) is 11.8 Å². The lowest BCUT2D eigenvalue weighted by molar-refractivity contribution is -0.148. The summed E-state index contributed by atoms with van der Waals surface area (Å²) in [5, 5.41) is 21.7. The van der Waals surface area contributed by atoms with E-state index in [1.165, 1.54) is 23.8 Å². The van der Waals surface area contributed by atoms with E-state index in [2.05, 4.69) is 21.3 Å². The van der Waals surface area contributed by atoms with Crippen molar-refractivity contribution in [2.24, 2.45) is 41.4 Å². The molecule has 0 spiro atoms. The van der Waals surface area contributed by atoms with Gasteiger partial charge in [0, 0.05) is 70.8 Å². The summed E-state index contributed by atoms with van der Waals surface area (Å²) < 4.78 is 11.6. The molecule has 20 nitrogen and oxygen atoms in total. The number of Topliss-reactive ketones (excluding diaryl/α,β-unsaturated/α-hetero) is 2. The second-order valence-corrected chi connectivity index (χ2v) is 26.1. The number of aliphatic hydroxyl groups excluding tert-OH is 1. The van der Waals surface area contributed by atoms with E-state index in [0.29, 0.717) is 55.5 Å². The van der Waals surface area contributed by atoms with E-state index in [9.17, 15) is 53.1 Å². The van der Waals surface area contributed by atoms with Crippen molar-refractivity contribution < 1.29 is 62.5 Å². The number of likely N-dealkylation sites (tertiary alicyclic amines) is 2. The van der Waals surface area contributed by atoms with Crippen molar-refractivity contribution in [3.05, 3.63) is 71.3 Å². The first-order valence-corrected chi connectivity index (χ1v) is 32.6. The van der Waals surface area contributed by atoms with Crippen LogP contribution < -0.4 is 21.3 Å². The third-order valence-corrected chi connectivity index (χ3v) is 18.6. The Morgan fingerprint density at radius 2 is 1.43 bits per heavy atom. The second kappa shape index (κ2) is 35.7. The van der Waals surface area contributed by atoms with Crippen LogP contribution in [0.3, 0.4) is 0 Å². The summed E-state index contributed by atoms with van der Waals surface area (Å²) in [6, 6.07) is 12.9. The van der Waals surface area contributed by atoms with E-state index >= 15 is 0 Å². The molecule has 484 valence electrons. The second-order valence-electron chi connectivity index (χ2n) is 25.0. The molecular formula is C66H101N7O13S. The molecule has 0 saturated carbocycles. The summed E-state index contributed by atoms with van der Waals surface area (Å²) in [7, 11) is 3.23. The average Bonchev–Trinajstić information content (AvgIpc) is 4.21. The summed E-state index contributed by atoms with van der Waals surface area (Å²) in [6.07, 6.45) is 3.53. The molecule has 12 atom stereocenters. The number of likely N-dealkylation sites (N-methyl/N-ethyl adjacent to an activating group) is 1. The number of carbonyl (C=O) groups is 10. The normalized spacial score (nSPS) is 18.7. The molecule has 8 amide bonds. The molecule has 2 heterocycles. The highest BCUT2D eigenvalue weighted by molar-refractivity contribution is 8.00. The lowest BCUT2D eigenvalue weighted by atomic mass is 9.83. The first kappa shape index (κ1) is 73.3. The average molecular weight is 1230 g/mol. The van der Waals surface area contributed by atoms with E-state index < -0.39 is 60.2 Å². The van der Waals surface area contributed by atoms with Crippen molar-refractivity contribution in [1.29, 1.82) is 0 Å². The minimum Gasteiger partial charge on any atom is -0.445 e. The molecule has 2 aromatic carbocycles. The van der Waals surface area contributed by atoms with Gasteiger partial charge in [-0.25, -0.2) is 4.79 Å². The molecule has 0 bridgehead atoms. The number of nitrogens with zero attached hydrogens (tertiary/aromatic N) is 3. The van der Waals surface area contributed by atoms with Crippen LogP contribution >= 0.6 is 11.8 Å². The molecule has 2 aromatic rings. The van der Waals surface area contributed by atoms with E-state index in [4.69, 9.17) is 9.47 Å². The fourth-order valence-corrected chi connectivity index (χ4v) is 12.3. The van der Waals surface area contributed by atoms with Crippen LogP contribution in [0.15, 0.2) is 54.6 Å². The van der Waals surface area contributed by atoms with Gasteiger partial charge in [0.1, 0.15) is 12.6 Å². The number of methoxy groups -OCH3 is 1. The van der Waals surface area contributed by atoms with Crippen LogP contribution in [-0.2, 0) is 65.7 Å². The molecule has 2 aliphatic heterocycles. The van der Waals surface area contributed by atoms with Gasteiger partial charge < -0.3 is 45.6 Å². The first-order chi connectivity index (χ1) is 41.1. The number of unbranched alkanes of at least 4 members (excludes halogenated alkanes) is 2. The molecule has 0 radical (unpaired) electrons. The maximum absolute atomic E-state index is 14.7. The van der Waals surface area contributed by atoms with Crippen molar-refractivity contribution >= 4 is 70.8 Å². The van der Waals surface area contributed by atoms with Crippen LogP contribution in [0.2, 0.25) is 0 Å². The number of imide groups is 1. The van der Waals surface area contributed by atoms with Gasteiger partial charge in [-0.15, -0.1) is 0 Å². The number of thioether (sulfide) groups is 1. The van der Waals surface area contributed by atoms with E-state index in [1.54, 1.807) is 77.1 Å². The van der Waals surface area contributed by atoms with Crippen molar-refractivity contribution in [3.8, 4) is 0 Å². The predicted octanol–water partition coefficient (Wildman–Crippen LogP) is 7.37. The third-order valence-electron chi connectivity index (χ3n) is 17.6. The zero-order valence-corrected chi connectivity index (χ0v) is 54.9. The number of hydrogen-bond acceptors (Lipinski definition) is 14. The predicted molar refractivity (Wildman–Crippen MR) is 335 cm³/mol. The lowest BCUT2D eigenvalue weighted by Gasteiger charge is -2.41. The molecule has 5 N–H and O–H groups in total. The quantitative estimate of drug-likeness (QED) is 0.0330. The summed E-state index contributed by atoms with van der Waals surface area (Å²) in [5.74, 6) is -4.76. The number of amides is 8. The van der Waals surface area contributed by atoms with Gasteiger partial charge in [0.05, 0.1) is 48.5 Å². The molecule has 2 fully saturated rings. The highest BCUT2D eigenvalue weighted by Gasteiger charge is 2.43. The van der Waals surface area contributed by atoms with Gasteiger partial charge >= 0.3 is 6.09 Å². The van der Waals surface area contributed by atoms with Gasteiger partial charge in [0.25, 0.3) is 0 Å². The van der Waals surface area contributed by atoms with Gasteiger partial charge in [0.2, 0.25) is 41.4 Å². The van der Waals surface area contributed by atoms with Crippen molar-refractivity contribution in [3.63, 3.8) is 0 Å². The number of ether oxygens (including phenoxy) is 2. The zero-order valence-electron chi connectivity index (χ0n) is 54.1. The number of hydrogen-bond donors (Lipinski definition) is 5. The number of carbonyl (C=O) groups excluding carboxylic acids is 10. The Morgan fingerprint density at radius 3 is 2.01 bits per heavy atom. The summed E-state index contributed by atoms with van der Waals surface area (Å²) in [5.41, 5.74) is 1.99. The fourth-order valence-electron chi connectivity index (χ4n) is 11.7. The number of benzene rings is 2. The largest absolute Gasteiger partial charge is 0.445 e. The Kier molecular flexibility index (Phi) is 30.1. The van der Waals surface area contributed by atoms with Crippen LogP contribution in [0.25, 0.3) is 0 Å². The SMILES string of the molecule is CC[C@H](C)[C@@H]([C@@H](CC(=O)N1CCC[C@H]1[C@H](C)[C@H](C)C(=O)N[C@@H](C)[C@H](O)c1ccccc1)OC)N(C)C(=O)[C@@H](CC(=O)[C@@H](NC(=O)OCc1ccc(CC(=O)CNC(=O)[C@@H](NC(=O)CCCCCN2C(=O)CC(SC)C2=O)C(C)C)cc1)C(C)C)C(C)C. The van der Waals surface area contributed by atoms with Crippen LogP contribution in [0.5, 0.6) is 0 Å². The van der Waals surface area contributed by atoms with Crippen LogP contribution in [0, 0.1) is 41.4 Å². The number of rotatable bonds is 36. The number of ketones is 2. The smallest absolute Gasteiger partial charge is 0.408 e. The molecule has 0 aromatic heterocycles. The maximum Gasteiger partial charge on any atom is 0.408 e. The van der Waals surface area contributed by atoms with Crippen molar-refractivity contribution in [2.45, 2.75) is 201 Å². The maximum atomic E-state index is 14.7. The minimum absolute atomic E-state index is 0.00411. The van der Waals surface area contributed by atoms with Gasteiger partial charge in [0.15, 0.2) is 11.6 Å². The van der Waals surface area contributed by atoms with Gasteiger partial charge in [-0.1, -0.05) is 137 Å². The topological polar surface area (TPSA) is 267 Å². The molecule has 0 aliphatic carbocycles. The Balaban J connectivity index is 1.26. The Morgan fingerprint density at radius 1 is 0.782 bits per heavy atom. The summed E-state index contributed by atoms with van der Waals surface area (Å²) in [4.78, 5) is 138. The van der Waals surface area contributed by atoms with Crippen LogP contribution in [0.4, 0.5) is 4.79 Å². The minimum atomic E-state index is -0.973. The van der Waals surface area contributed by atoms with Crippen molar-refractivity contribution in [1.82, 2.24) is 36.0 Å². The van der Waals surface area contributed by atoms with Crippen LogP contribution in [0.1, 0.15) is 163 Å². The van der Waals surface area contributed by atoms with Gasteiger partial charge in [-0.05, 0) is 85.1 Å². The first-order valence-electron chi connectivity index (χ1n) is 31.3. The summed E-state index contributed by atoms with van der Waals surface area (Å²) in [6.45, 7) is 21.0. The molecule has 4 rings (SSSR count). The standard InChI is InChI=1S/C66H101N7O13S/c1-15-42(8)60(53(85-13)35-56(77)72-32-22-25-51(72)43(9)44(10)62(80)68-45(11)61(79)48-23-18-16-19-24-48)71(12)64(82)50(39(2)3)34-52(75)58(40(4)5)70-66(84)86-38-47-29-27-46(28-30-47)33-49(74)37-67-63(81)59(41(6)7)69-55(76)26-20-17-21-31-73-57(78)36-54(87-14)65(73)83/h16,18-19,23-24,27-30,39-45,50-51,53-54,58-61,79H,15,17,20-22,25-26,31-38H2,1-14H3,(H,67,81)(H,68,80)(H,69,76)(H,70,84)/t42-,43+,44-,45-,50-,51-,53+,54?,58-,59-,60-,61-/m0/s1. The zero-order chi connectivity index (χ0) is 64.8. The number of aliphatic hydroxyl groups is 1. The van der Waals surface area contributed by atoms with E-state index in [-0.39, 0.29) is 133 Å². The van der Waals surface area contributed by atoms with Crippen molar-refractivity contribution in [2.75, 3.05) is 40.0 Å². The fraction of sp³-hybridized carbons (Fsp3) is 0.667. The molecule has 2 saturated heterocycles. The Hall–Kier alpha value is -6.19. The third kappa shape index (κ3) is 21.5. The highest BCUT2D eigenvalue weighted by atomic mass is 32.2. The lowest BCUT2D eigenvalue weighted by Crippen LogP contribution is -2.54. The van der Waals surface area contributed by atoms with E-state index in [0.717, 1.165) is 12.8 Å². The van der Waals surface area contributed by atoms with E-state index in [1.807, 2.05) is 76.8 Å². The molecule has 21 heteroatoms. The number of nitrogens with one attached hydrogen (secondary N) is 4. The Labute approximate surface area is 520 Å². The molecule has 87 heavy (non-hydrogen) atoms. The molecular weight excluding hydrogens is 1130 g/mol. The molecule has 1 unspecified atom stereocenters. The molecule has 2 aliphatic rings. The van der Waals surface area contributed by atoms with Crippen LogP contribution in [-0.4, -0.2) is 160 Å². The van der Waals surface area contributed by atoms with Gasteiger partial charge in [-0.3, -0.25) is 48.1 Å².